The Morgan fingerprint density at radius 3 is 2.27 bits per heavy atom. The first-order chi connectivity index (χ1) is 14.6. The maximum atomic E-state index is 6.49. The summed E-state index contributed by atoms with van der Waals surface area (Å²) in [6.07, 6.45) is 0. The SMILES string of the molecule is Cn1nc2nc(N3CCN(c4ccccc4)CC3)nc(-c3ccccc3Cl)c2c1N. The molecule has 0 saturated carbocycles. The van der Waals surface area contributed by atoms with Crippen LogP contribution in [0.3, 0.4) is 0 Å². The first-order valence-electron chi connectivity index (χ1n) is 9.92. The normalized spacial score (nSPS) is 14.5. The Bertz CT molecular complexity index is 1200. The Hall–Kier alpha value is -3.32. The van der Waals surface area contributed by atoms with E-state index in [1.807, 2.05) is 37.4 Å². The van der Waals surface area contributed by atoms with Gasteiger partial charge in [0.25, 0.3) is 0 Å². The van der Waals surface area contributed by atoms with E-state index < -0.39 is 0 Å². The van der Waals surface area contributed by atoms with Crippen molar-refractivity contribution in [2.45, 2.75) is 0 Å². The summed E-state index contributed by atoms with van der Waals surface area (Å²) in [6, 6.07) is 18.1. The lowest BCUT2D eigenvalue weighted by Crippen LogP contribution is -2.47. The number of aryl methyl sites for hydroxylation is 1. The van der Waals surface area contributed by atoms with Crippen molar-refractivity contribution in [3.63, 3.8) is 0 Å². The van der Waals surface area contributed by atoms with Gasteiger partial charge < -0.3 is 15.5 Å². The van der Waals surface area contributed by atoms with Gasteiger partial charge in [-0.3, -0.25) is 4.68 Å². The molecule has 7 nitrogen and oxygen atoms in total. The van der Waals surface area contributed by atoms with Crippen LogP contribution in [0.4, 0.5) is 17.5 Å². The zero-order valence-electron chi connectivity index (χ0n) is 16.7. The molecule has 1 saturated heterocycles. The summed E-state index contributed by atoms with van der Waals surface area (Å²) in [5, 5.41) is 5.87. The fourth-order valence-electron chi connectivity index (χ4n) is 3.90. The van der Waals surface area contributed by atoms with E-state index in [4.69, 9.17) is 27.3 Å². The van der Waals surface area contributed by atoms with Gasteiger partial charge in [-0.2, -0.15) is 10.1 Å². The lowest BCUT2D eigenvalue weighted by molar-refractivity contribution is 0.641. The van der Waals surface area contributed by atoms with Gasteiger partial charge in [-0.1, -0.05) is 48.0 Å². The smallest absolute Gasteiger partial charge is 0.228 e. The molecule has 1 aliphatic heterocycles. The molecule has 0 spiro atoms. The Balaban J connectivity index is 1.52. The van der Waals surface area contributed by atoms with Crippen LogP contribution in [-0.2, 0) is 7.05 Å². The lowest BCUT2D eigenvalue weighted by atomic mass is 10.1. The highest BCUT2D eigenvalue weighted by atomic mass is 35.5. The summed E-state index contributed by atoms with van der Waals surface area (Å²) in [5.74, 6) is 1.18. The van der Waals surface area contributed by atoms with Gasteiger partial charge in [0.15, 0.2) is 5.65 Å². The molecule has 0 aliphatic carbocycles. The number of para-hydroxylation sites is 1. The van der Waals surface area contributed by atoms with Gasteiger partial charge in [0.2, 0.25) is 5.95 Å². The Kier molecular flexibility index (Phi) is 4.67. The van der Waals surface area contributed by atoms with Crippen LogP contribution >= 0.6 is 11.6 Å². The van der Waals surface area contributed by atoms with Crippen LogP contribution in [0.5, 0.6) is 0 Å². The molecular weight excluding hydrogens is 398 g/mol. The van der Waals surface area contributed by atoms with Crippen molar-refractivity contribution in [3.05, 3.63) is 59.6 Å². The molecule has 2 aromatic heterocycles. The van der Waals surface area contributed by atoms with Crippen LogP contribution < -0.4 is 15.5 Å². The molecule has 2 N–H and O–H groups in total. The number of hydrogen-bond donors (Lipinski definition) is 1. The predicted molar refractivity (Wildman–Crippen MR) is 122 cm³/mol. The van der Waals surface area contributed by atoms with Crippen molar-refractivity contribution in [2.75, 3.05) is 41.7 Å². The van der Waals surface area contributed by atoms with E-state index >= 15 is 0 Å². The van der Waals surface area contributed by atoms with Crippen LogP contribution in [0.25, 0.3) is 22.3 Å². The van der Waals surface area contributed by atoms with Crippen LogP contribution in [-0.4, -0.2) is 45.9 Å². The van der Waals surface area contributed by atoms with Gasteiger partial charge in [0.1, 0.15) is 5.82 Å². The second kappa shape index (κ2) is 7.50. The Morgan fingerprint density at radius 1 is 0.867 bits per heavy atom. The quantitative estimate of drug-likeness (QED) is 0.547. The number of nitrogens with zero attached hydrogens (tertiary/aromatic N) is 6. The van der Waals surface area contributed by atoms with Gasteiger partial charge in [-0.25, -0.2) is 4.98 Å². The second-order valence-corrected chi connectivity index (χ2v) is 7.78. The number of benzene rings is 2. The number of rotatable bonds is 3. The number of halogens is 1. The predicted octanol–water partition coefficient (Wildman–Crippen LogP) is 3.59. The van der Waals surface area contributed by atoms with E-state index in [2.05, 4.69) is 39.2 Å². The van der Waals surface area contributed by atoms with Crippen LogP contribution in [0.15, 0.2) is 54.6 Å². The summed E-state index contributed by atoms with van der Waals surface area (Å²) < 4.78 is 1.64. The van der Waals surface area contributed by atoms with E-state index in [1.54, 1.807) is 4.68 Å². The summed E-state index contributed by atoms with van der Waals surface area (Å²) in [4.78, 5) is 14.2. The fourth-order valence-corrected chi connectivity index (χ4v) is 4.12. The molecule has 152 valence electrons. The molecular formula is C22H22ClN7. The van der Waals surface area contributed by atoms with E-state index in [1.165, 1.54) is 5.69 Å². The van der Waals surface area contributed by atoms with E-state index in [0.29, 0.717) is 22.4 Å². The van der Waals surface area contributed by atoms with Crippen molar-refractivity contribution < 1.29 is 0 Å². The van der Waals surface area contributed by atoms with Crippen molar-refractivity contribution in [1.82, 2.24) is 19.7 Å². The number of anilines is 3. The molecule has 3 heterocycles. The minimum Gasteiger partial charge on any atom is -0.383 e. The Labute approximate surface area is 179 Å². The van der Waals surface area contributed by atoms with Crippen molar-refractivity contribution in [2.24, 2.45) is 7.05 Å². The lowest BCUT2D eigenvalue weighted by Gasteiger charge is -2.36. The number of nitrogens with two attached hydrogens (primary N) is 1. The second-order valence-electron chi connectivity index (χ2n) is 7.37. The monoisotopic (exact) mass is 419 g/mol. The van der Waals surface area contributed by atoms with Crippen LogP contribution in [0, 0.1) is 0 Å². The Morgan fingerprint density at radius 2 is 1.53 bits per heavy atom. The molecule has 8 heteroatoms. The summed E-state index contributed by atoms with van der Waals surface area (Å²) in [6.45, 7) is 3.45. The van der Waals surface area contributed by atoms with Crippen LogP contribution in [0.1, 0.15) is 0 Å². The highest BCUT2D eigenvalue weighted by molar-refractivity contribution is 6.33. The maximum Gasteiger partial charge on any atom is 0.228 e. The third kappa shape index (κ3) is 3.21. The van der Waals surface area contributed by atoms with Crippen LogP contribution in [0.2, 0.25) is 5.02 Å². The highest BCUT2D eigenvalue weighted by Crippen LogP contribution is 2.35. The highest BCUT2D eigenvalue weighted by Gasteiger charge is 2.24. The minimum atomic E-state index is 0.528. The fraction of sp³-hybridized carbons (Fsp3) is 0.227. The molecule has 1 aliphatic rings. The minimum absolute atomic E-state index is 0.528. The largest absolute Gasteiger partial charge is 0.383 e. The van der Waals surface area contributed by atoms with E-state index in [-0.39, 0.29) is 0 Å². The number of nitrogen functional groups attached to an aromatic ring is 1. The van der Waals surface area contributed by atoms with Crippen molar-refractivity contribution in [3.8, 4) is 11.3 Å². The molecule has 5 rings (SSSR count). The number of aromatic nitrogens is 4. The molecule has 4 aromatic rings. The molecule has 0 bridgehead atoms. The average Bonchev–Trinajstić information content (AvgIpc) is 3.08. The third-order valence-electron chi connectivity index (χ3n) is 5.54. The van der Waals surface area contributed by atoms with Gasteiger partial charge in [0.05, 0.1) is 11.1 Å². The molecule has 0 atom stereocenters. The zero-order chi connectivity index (χ0) is 20.7. The van der Waals surface area contributed by atoms with Gasteiger partial charge in [-0.05, 0) is 18.2 Å². The number of fused-ring (bicyclic) bond motifs is 1. The molecule has 0 amide bonds. The van der Waals surface area contributed by atoms with Gasteiger partial charge in [-0.15, -0.1) is 0 Å². The topological polar surface area (TPSA) is 76.1 Å². The third-order valence-corrected chi connectivity index (χ3v) is 5.87. The van der Waals surface area contributed by atoms with Crippen molar-refractivity contribution >= 4 is 40.1 Å². The van der Waals surface area contributed by atoms with E-state index in [9.17, 15) is 0 Å². The first-order valence-corrected chi connectivity index (χ1v) is 10.3. The van der Waals surface area contributed by atoms with Gasteiger partial charge >= 0.3 is 0 Å². The first kappa shape index (κ1) is 18.7. The molecule has 30 heavy (non-hydrogen) atoms. The summed E-state index contributed by atoms with van der Waals surface area (Å²) in [7, 11) is 1.81. The van der Waals surface area contributed by atoms with E-state index in [0.717, 1.165) is 42.8 Å². The zero-order valence-corrected chi connectivity index (χ0v) is 17.4. The number of hydrogen-bond acceptors (Lipinski definition) is 6. The average molecular weight is 420 g/mol. The standard InChI is InChI=1S/C22H22ClN7/c1-28-20(24)18-19(16-9-5-6-10-17(16)23)25-22(26-21(18)27-28)30-13-11-29(12-14-30)15-7-3-2-4-8-15/h2-10H,11-14,24H2,1H3. The summed E-state index contributed by atoms with van der Waals surface area (Å²) in [5.41, 5.74) is 9.67. The summed E-state index contributed by atoms with van der Waals surface area (Å²) >= 11 is 6.49. The number of piperazine rings is 1. The molecule has 0 unspecified atom stereocenters. The molecule has 0 radical (unpaired) electrons. The van der Waals surface area contributed by atoms with Crippen molar-refractivity contribution in [1.29, 1.82) is 0 Å². The maximum absolute atomic E-state index is 6.49. The van der Waals surface area contributed by atoms with Gasteiger partial charge in [0, 0.05) is 49.5 Å². The molecule has 1 fully saturated rings. The molecule has 2 aromatic carbocycles.